The van der Waals surface area contributed by atoms with Gasteiger partial charge in [-0.25, -0.2) is 0 Å². The molecule has 1 aromatic carbocycles. The van der Waals surface area contributed by atoms with E-state index in [4.69, 9.17) is 16.3 Å². The number of rotatable bonds is 5. The standard InChI is InChI=1S/C13H18ClNO2/c1-4-17-13(16)8-10-5-6-12(14)7-11(10)9-15(2)3/h5-7H,4,8-9H2,1-3H3. The number of benzene rings is 1. The summed E-state index contributed by atoms with van der Waals surface area (Å²) in [6, 6.07) is 5.59. The minimum atomic E-state index is -0.199. The number of ether oxygens (including phenoxy) is 1. The molecule has 0 fully saturated rings. The SMILES string of the molecule is CCOC(=O)Cc1ccc(Cl)cc1CN(C)C. The third kappa shape index (κ3) is 4.75. The molecule has 17 heavy (non-hydrogen) atoms. The fourth-order valence-electron chi connectivity index (χ4n) is 1.62. The second-order valence-electron chi connectivity index (χ2n) is 4.13. The number of carbonyl (C=O) groups excluding carboxylic acids is 1. The van der Waals surface area contributed by atoms with E-state index in [0.29, 0.717) is 18.1 Å². The van der Waals surface area contributed by atoms with Crippen LogP contribution in [-0.2, 0) is 22.5 Å². The van der Waals surface area contributed by atoms with Crippen LogP contribution in [0.15, 0.2) is 18.2 Å². The molecule has 1 aromatic rings. The maximum absolute atomic E-state index is 11.5. The summed E-state index contributed by atoms with van der Waals surface area (Å²) in [6.45, 7) is 2.98. The summed E-state index contributed by atoms with van der Waals surface area (Å²) in [5.74, 6) is -0.199. The molecular formula is C13H18ClNO2. The fourth-order valence-corrected chi connectivity index (χ4v) is 1.82. The van der Waals surface area contributed by atoms with E-state index >= 15 is 0 Å². The van der Waals surface area contributed by atoms with Gasteiger partial charge in [0.15, 0.2) is 0 Å². The van der Waals surface area contributed by atoms with Crippen molar-refractivity contribution in [1.82, 2.24) is 4.90 Å². The highest BCUT2D eigenvalue weighted by atomic mass is 35.5. The number of nitrogens with zero attached hydrogens (tertiary/aromatic N) is 1. The molecule has 0 radical (unpaired) electrons. The van der Waals surface area contributed by atoms with Crippen LogP contribution in [0.2, 0.25) is 5.02 Å². The third-order valence-electron chi connectivity index (χ3n) is 2.29. The van der Waals surface area contributed by atoms with Crippen LogP contribution in [0.5, 0.6) is 0 Å². The van der Waals surface area contributed by atoms with Gasteiger partial charge in [-0.2, -0.15) is 0 Å². The van der Waals surface area contributed by atoms with E-state index in [0.717, 1.165) is 17.7 Å². The Morgan fingerprint density at radius 3 is 2.65 bits per heavy atom. The molecule has 0 unspecified atom stereocenters. The van der Waals surface area contributed by atoms with Gasteiger partial charge in [-0.15, -0.1) is 0 Å². The van der Waals surface area contributed by atoms with Crippen molar-refractivity contribution >= 4 is 17.6 Å². The summed E-state index contributed by atoms with van der Waals surface area (Å²) in [4.78, 5) is 13.5. The Hall–Kier alpha value is -1.06. The predicted octanol–water partition coefficient (Wildman–Crippen LogP) is 2.51. The molecule has 1 rings (SSSR count). The zero-order valence-electron chi connectivity index (χ0n) is 10.5. The zero-order valence-corrected chi connectivity index (χ0v) is 11.3. The Morgan fingerprint density at radius 2 is 2.06 bits per heavy atom. The maximum atomic E-state index is 11.5. The lowest BCUT2D eigenvalue weighted by Gasteiger charge is -2.14. The first-order valence-corrected chi connectivity index (χ1v) is 5.98. The normalized spacial score (nSPS) is 10.6. The van der Waals surface area contributed by atoms with E-state index in [1.807, 2.05) is 31.1 Å². The second kappa shape index (κ2) is 6.62. The second-order valence-corrected chi connectivity index (χ2v) is 4.57. The van der Waals surface area contributed by atoms with Crippen LogP contribution in [0, 0.1) is 0 Å². The molecule has 0 aromatic heterocycles. The molecule has 0 amide bonds. The molecule has 0 bridgehead atoms. The molecule has 94 valence electrons. The first-order valence-electron chi connectivity index (χ1n) is 5.60. The van der Waals surface area contributed by atoms with Crippen molar-refractivity contribution in [1.29, 1.82) is 0 Å². The lowest BCUT2D eigenvalue weighted by atomic mass is 10.0. The van der Waals surface area contributed by atoms with Gasteiger partial charge in [0.05, 0.1) is 13.0 Å². The summed E-state index contributed by atoms with van der Waals surface area (Å²) < 4.78 is 4.95. The van der Waals surface area contributed by atoms with Gasteiger partial charge in [0.2, 0.25) is 0 Å². The minimum absolute atomic E-state index is 0.199. The van der Waals surface area contributed by atoms with Crippen molar-refractivity contribution in [2.75, 3.05) is 20.7 Å². The average molecular weight is 256 g/mol. The van der Waals surface area contributed by atoms with Crippen LogP contribution < -0.4 is 0 Å². The number of carbonyl (C=O) groups is 1. The van der Waals surface area contributed by atoms with Gasteiger partial charge in [-0.1, -0.05) is 17.7 Å². The Labute approximate surface area is 107 Å². The molecule has 0 spiro atoms. The van der Waals surface area contributed by atoms with E-state index < -0.39 is 0 Å². The van der Waals surface area contributed by atoms with Gasteiger partial charge < -0.3 is 9.64 Å². The first kappa shape index (κ1) is 14.0. The molecule has 0 saturated heterocycles. The predicted molar refractivity (Wildman–Crippen MR) is 69.2 cm³/mol. The van der Waals surface area contributed by atoms with Crippen LogP contribution in [0.25, 0.3) is 0 Å². The zero-order chi connectivity index (χ0) is 12.8. The number of esters is 1. The Bertz CT molecular complexity index is 391. The van der Waals surface area contributed by atoms with Crippen LogP contribution in [0.4, 0.5) is 0 Å². The lowest BCUT2D eigenvalue weighted by molar-refractivity contribution is -0.142. The molecule has 0 aliphatic carbocycles. The largest absolute Gasteiger partial charge is 0.466 e. The molecule has 0 atom stereocenters. The van der Waals surface area contributed by atoms with E-state index in [-0.39, 0.29) is 5.97 Å². The van der Waals surface area contributed by atoms with E-state index in [1.54, 1.807) is 13.0 Å². The summed E-state index contributed by atoms with van der Waals surface area (Å²) in [7, 11) is 3.96. The first-order chi connectivity index (χ1) is 8.02. The van der Waals surface area contributed by atoms with E-state index in [1.165, 1.54) is 0 Å². The Morgan fingerprint density at radius 1 is 1.35 bits per heavy atom. The van der Waals surface area contributed by atoms with Gasteiger partial charge in [0.25, 0.3) is 0 Å². The summed E-state index contributed by atoms with van der Waals surface area (Å²) in [5.41, 5.74) is 2.04. The number of hydrogen-bond donors (Lipinski definition) is 0. The van der Waals surface area contributed by atoms with Gasteiger partial charge in [0.1, 0.15) is 0 Å². The summed E-state index contributed by atoms with van der Waals surface area (Å²) in [5, 5.41) is 0.689. The maximum Gasteiger partial charge on any atom is 0.310 e. The molecule has 3 nitrogen and oxygen atoms in total. The van der Waals surface area contributed by atoms with Gasteiger partial charge in [-0.05, 0) is 44.3 Å². The topological polar surface area (TPSA) is 29.5 Å². The lowest BCUT2D eigenvalue weighted by Crippen LogP contribution is -2.15. The van der Waals surface area contributed by atoms with Crippen molar-refractivity contribution in [3.05, 3.63) is 34.3 Å². The van der Waals surface area contributed by atoms with Crippen LogP contribution in [0.3, 0.4) is 0 Å². The minimum Gasteiger partial charge on any atom is -0.466 e. The molecule has 0 aliphatic rings. The molecular weight excluding hydrogens is 238 g/mol. The van der Waals surface area contributed by atoms with Crippen LogP contribution in [-0.4, -0.2) is 31.6 Å². The molecule has 0 saturated carbocycles. The summed E-state index contributed by atoms with van der Waals surface area (Å²) >= 11 is 5.96. The number of hydrogen-bond acceptors (Lipinski definition) is 3. The quantitative estimate of drug-likeness (QED) is 0.758. The summed E-state index contributed by atoms with van der Waals surface area (Å²) in [6.07, 6.45) is 0.300. The van der Waals surface area contributed by atoms with Gasteiger partial charge >= 0.3 is 5.97 Å². The number of halogens is 1. The highest BCUT2D eigenvalue weighted by Crippen LogP contribution is 2.18. The van der Waals surface area contributed by atoms with Crippen LogP contribution in [0.1, 0.15) is 18.1 Å². The van der Waals surface area contributed by atoms with Crippen LogP contribution >= 0.6 is 11.6 Å². The smallest absolute Gasteiger partial charge is 0.310 e. The molecule has 0 heterocycles. The monoisotopic (exact) mass is 255 g/mol. The average Bonchev–Trinajstić information content (AvgIpc) is 2.21. The van der Waals surface area contributed by atoms with Crippen molar-refractivity contribution in [3.63, 3.8) is 0 Å². The highest BCUT2D eigenvalue weighted by Gasteiger charge is 2.10. The van der Waals surface area contributed by atoms with Crippen molar-refractivity contribution in [3.8, 4) is 0 Å². The fraction of sp³-hybridized carbons (Fsp3) is 0.462. The van der Waals surface area contributed by atoms with Gasteiger partial charge in [-0.3, -0.25) is 4.79 Å². The molecule has 0 aliphatic heterocycles. The van der Waals surface area contributed by atoms with E-state index in [2.05, 4.69) is 0 Å². The van der Waals surface area contributed by atoms with Crippen molar-refractivity contribution < 1.29 is 9.53 Å². The third-order valence-corrected chi connectivity index (χ3v) is 2.53. The van der Waals surface area contributed by atoms with E-state index in [9.17, 15) is 4.79 Å². The molecule has 4 heteroatoms. The van der Waals surface area contributed by atoms with Crippen molar-refractivity contribution in [2.45, 2.75) is 19.9 Å². The Balaban J connectivity index is 2.86. The molecule has 0 N–H and O–H groups in total. The van der Waals surface area contributed by atoms with Crippen molar-refractivity contribution in [2.24, 2.45) is 0 Å². The van der Waals surface area contributed by atoms with Gasteiger partial charge in [0, 0.05) is 11.6 Å². The Kier molecular flexibility index (Phi) is 5.45. The highest BCUT2D eigenvalue weighted by molar-refractivity contribution is 6.30.